The molecule has 3 rings (SSSR count). The minimum atomic E-state index is -0.466. The Balaban J connectivity index is 1.59. The van der Waals surface area contributed by atoms with Crippen LogP contribution in [-0.4, -0.2) is 35.2 Å². The number of hydrogen-bond acceptors (Lipinski definition) is 5. The van der Waals surface area contributed by atoms with Crippen molar-refractivity contribution in [3.8, 4) is 5.75 Å². The topological polar surface area (TPSA) is 102 Å². The maximum atomic E-state index is 12.4. The lowest BCUT2D eigenvalue weighted by molar-refractivity contribution is -0.121. The Labute approximate surface area is 179 Å². The number of anilines is 1. The number of carbonyl (C=O) groups is 2. The van der Waals surface area contributed by atoms with E-state index in [0.717, 1.165) is 21.6 Å². The molecule has 8 nitrogen and oxygen atoms in total. The Morgan fingerprint density at radius 3 is 2.52 bits per heavy atom. The SMILES string of the molecule is COc1ccccc1CCNC(=O)Cn1nc(C(=O)Nc2ccc(C)cc2)ccc1=O. The number of amides is 2. The van der Waals surface area contributed by atoms with Crippen molar-refractivity contribution >= 4 is 17.5 Å². The zero-order chi connectivity index (χ0) is 22.2. The number of aryl methyl sites for hydroxylation is 1. The summed E-state index contributed by atoms with van der Waals surface area (Å²) in [6.07, 6.45) is 0.580. The molecule has 0 saturated carbocycles. The number of nitrogens with zero attached hydrogens (tertiary/aromatic N) is 2. The Morgan fingerprint density at radius 2 is 1.77 bits per heavy atom. The second-order valence-electron chi connectivity index (χ2n) is 6.95. The normalized spacial score (nSPS) is 10.4. The molecule has 0 atom stereocenters. The summed E-state index contributed by atoms with van der Waals surface area (Å²) in [7, 11) is 1.59. The molecular formula is C23H24N4O4. The summed E-state index contributed by atoms with van der Waals surface area (Å²) in [4.78, 5) is 36.8. The molecule has 2 amide bonds. The van der Waals surface area contributed by atoms with Crippen LogP contribution in [0.25, 0.3) is 0 Å². The van der Waals surface area contributed by atoms with Crippen LogP contribution in [0.15, 0.2) is 65.5 Å². The van der Waals surface area contributed by atoms with E-state index in [1.54, 1.807) is 19.2 Å². The van der Waals surface area contributed by atoms with Crippen LogP contribution in [0.5, 0.6) is 5.75 Å². The van der Waals surface area contributed by atoms with Crippen LogP contribution in [-0.2, 0) is 17.8 Å². The van der Waals surface area contributed by atoms with Gasteiger partial charge in [-0.2, -0.15) is 5.10 Å². The van der Waals surface area contributed by atoms with E-state index in [4.69, 9.17) is 4.74 Å². The van der Waals surface area contributed by atoms with Gasteiger partial charge < -0.3 is 15.4 Å². The van der Waals surface area contributed by atoms with Crippen molar-refractivity contribution in [1.82, 2.24) is 15.1 Å². The highest BCUT2D eigenvalue weighted by Gasteiger charge is 2.12. The first-order chi connectivity index (χ1) is 15.0. The van der Waals surface area contributed by atoms with E-state index in [1.807, 2.05) is 43.3 Å². The molecule has 0 aliphatic rings. The molecule has 8 heteroatoms. The first kappa shape index (κ1) is 21.8. The van der Waals surface area contributed by atoms with Gasteiger partial charge in [0.05, 0.1) is 7.11 Å². The number of aromatic nitrogens is 2. The van der Waals surface area contributed by atoms with E-state index >= 15 is 0 Å². The highest BCUT2D eigenvalue weighted by Crippen LogP contribution is 2.17. The Kier molecular flexibility index (Phi) is 7.16. The first-order valence-electron chi connectivity index (χ1n) is 9.81. The average molecular weight is 420 g/mol. The summed E-state index contributed by atoms with van der Waals surface area (Å²) in [5, 5.41) is 9.51. The summed E-state index contributed by atoms with van der Waals surface area (Å²) < 4.78 is 6.27. The molecule has 2 N–H and O–H groups in total. The van der Waals surface area contributed by atoms with Crippen LogP contribution in [0.3, 0.4) is 0 Å². The van der Waals surface area contributed by atoms with Crippen LogP contribution >= 0.6 is 0 Å². The predicted octanol–water partition coefficient (Wildman–Crippen LogP) is 2.17. The first-order valence-corrected chi connectivity index (χ1v) is 9.81. The van der Waals surface area contributed by atoms with Gasteiger partial charge in [0.2, 0.25) is 5.91 Å². The standard InChI is InChI=1S/C23H24N4O4/c1-16-7-9-18(10-8-16)25-23(30)19-11-12-22(29)27(26-19)15-21(28)24-14-13-17-5-3-4-6-20(17)31-2/h3-12H,13-15H2,1-2H3,(H,24,28)(H,25,30). The van der Waals surface area contributed by atoms with Gasteiger partial charge in [-0.1, -0.05) is 35.9 Å². The molecule has 160 valence electrons. The maximum absolute atomic E-state index is 12.4. The maximum Gasteiger partial charge on any atom is 0.276 e. The zero-order valence-electron chi connectivity index (χ0n) is 17.4. The van der Waals surface area contributed by atoms with Gasteiger partial charge in [-0.25, -0.2) is 4.68 Å². The fourth-order valence-corrected chi connectivity index (χ4v) is 2.95. The molecule has 0 saturated heterocycles. The lowest BCUT2D eigenvalue weighted by Crippen LogP contribution is -2.35. The van der Waals surface area contributed by atoms with Crippen LogP contribution in [0.1, 0.15) is 21.6 Å². The molecule has 0 unspecified atom stereocenters. The van der Waals surface area contributed by atoms with Gasteiger partial charge in [-0.05, 0) is 43.2 Å². The van der Waals surface area contributed by atoms with E-state index in [9.17, 15) is 14.4 Å². The van der Waals surface area contributed by atoms with Crippen molar-refractivity contribution in [1.29, 1.82) is 0 Å². The van der Waals surface area contributed by atoms with Crippen molar-refractivity contribution in [2.45, 2.75) is 19.9 Å². The van der Waals surface area contributed by atoms with Crippen molar-refractivity contribution in [2.24, 2.45) is 0 Å². The third-order valence-corrected chi connectivity index (χ3v) is 4.61. The van der Waals surface area contributed by atoms with E-state index in [0.29, 0.717) is 18.7 Å². The quantitative estimate of drug-likeness (QED) is 0.582. The Hall–Kier alpha value is -3.94. The highest BCUT2D eigenvalue weighted by atomic mass is 16.5. The van der Waals surface area contributed by atoms with E-state index in [-0.39, 0.29) is 18.1 Å². The van der Waals surface area contributed by atoms with Gasteiger partial charge in [0.15, 0.2) is 0 Å². The summed E-state index contributed by atoms with van der Waals surface area (Å²) in [6.45, 7) is 2.04. The van der Waals surface area contributed by atoms with Gasteiger partial charge in [-0.15, -0.1) is 0 Å². The van der Waals surface area contributed by atoms with E-state index < -0.39 is 11.5 Å². The van der Waals surface area contributed by atoms with Crippen molar-refractivity contribution in [3.05, 3.63) is 87.8 Å². The molecule has 2 aromatic carbocycles. The molecule has 0 aliphatic carbocycles. The monoisotopic (exact) mass is 420 g/mol. The fraction of sp³-hybridized carbons (Fsp3) is 0.217. The Morgan fingerprint density at radius 1 is 1.03 bits per heavy atom. The van der Waals surface area contributed by atoms with Crippen LogP contribution in [0.2, 0.25) is 0 Å². The molecule has 3 aromatic rings. The average Bonchev–Trinajstić information content (AvgIpc) is 2.77. The molecule has 0 aliphatic heterocycles. The number of ether oxygens (including phenoxy) is 1. The number of nitrogens with one attached hydrogen (secondary N) is 2. The number of carbonyl (C=O) groups excluding carboxylic acids is 2. The minimum Gasteiger partial charge on any atom is -0.496 e. The van der Waals surface area contributed by atoms with Crippen LogP contribution in [0.4, 0.5) is 5.69 Å². The predicted molar refractivity (Wildman–Crippen MR) is 117 cm³/mol. The minimum absolute atomic E-state index is 0.0435. The second-order valence-corrected chi connectivity index (χ2v) is 6.95. The Bertz CT molecular complexity index is 1120. The van der Waals surface area contributed by atoms with Crippen molar-refractivity contribution < 1.29 is 14.3 Å². The summed E-state index contributed by atoms with van der Waals surface area (Å²) >= 11 is 0. The molecular weight excluding hydrogens is 396 g/mol. The lowest BCUT2D eigenvalue weighted by Gasteiger charge is -2.10. The van der Waals surface area contributed by atoms with Gasteiger partial charge in [0, 0.05) is 18.3 Å². The second kappa shape index (κ2) is 10.2. The molecule has 1 aromatic heterocycles. The molecule has 1 heterocycles. The molecule has 0 fully saturated rings. The summed E-state index contributed by atoms with van der Waals surface area (Å²) in [5.41, 5.74) is 2.23. The van der Waals surface area contributed by atoms with Crippen molar-refractivity contribution in [2.75, 3.05) is 19.0 Å². The number of hydrogen-bond donors (Lipinski definition) is 2. The summed E-state index contributed by atoms with van der Waals surface area (Å²) in [5.74, 6) is -0.0864. The highest BCUT2D eigenvalue weighted by molar-refractivity contribution is 6.02. The van der Waals surface area contributed by atoms with Gasteiger partial charge in [0.1, 0.15) is 18.0 Å². The molecule has 0 bridgehead atoms. The number of rotatable bonds is 8. The van der Waals surface area contributed by atoms with Crippen molar-refractivity contribution in [3.63, 3.8) is 0 Å². The summed E-state index contributed by atoms with van der Waals surface area (Å²) in [6, 6.07) is 17.4. The number of methoxy groups -OCH3 is 1. The zero-order valence-corrected chi connectivity index (χ0v) is 17.4. The number of para-hydroxylation sites is 1. The number of benzene rings is 2. The lowest BCUT2D eigenvalue weighted by atomic mass is 10.1. The van der Waals surface area contributed by atoms with E-state index in [1.165, 1.54) is 12.1 Å². The molecule has 0 spiro atoms. The fourth-order valence-electron chi connectivity index (χ4n) is 2.95. The van der Waals surface area contributed by atoms with Gasteiger partial charge >= 0.3 is 0 Å². The van der Waals surface area contributed by atoms with Gasteiger partial charge in [0.25, 0.3) is 11.5 Å². The van der Waals surface area contributed by atoms with Gasteiger partial charge in [-0.3, -0.25) is 14.4 Å². The largest absolute Gasteiger partial charge is 0.496 e. The third-order valence-electron chi connectivity index (χ3n) is 4.61. The van der Waals surface area contributed by atoms with E-state index in [2.05, 4.69) is 15.7 Å². The smallest absolute Gasteiger partial charge is 0.276 e. The molecule has 0 radical (unpaired) electrons. The van der Waals surface area contributed by atoms with Crippen LogP contribution in [0, 0.1) is 6.92 Å². The molecule has 31 heavy (non-hydrogen) atoms. The third kappa shape index (κ3) is 6.02. The van der Waals surface area contributed by atoms with Crippen LogP contribution < -0.4 is 20.9 Å².